The summed E-state index contributed by atoms with van der Waals surface area (Å²) < 4.78 is 0. The zero-order valence-corrected chi connectivity index (χ0v) is 12.3. The van der Waals surface area contributed by atoms with Gasteiger partial charge in [0.1, 0.15) is 0 Å². The molecule has 30 valence electrons. The first kappa shape index (κ1) is 15.8. The summed E-state index contributed by atoms with van der Waals surface area (Å²) in [5.41, 5.74) is 0. The maximum absolute atomic E-state index is 4.67. The van der Waals surface area contributed by atoms with Crippen LogP contribution in [-0.2, 0) is 13.1 Å². The normalized spacial score (nSPS) is 4.40. The molecule has 0 bridgehead atoms. The van der Waals surface area contributed by atoms with Crippen LogP contribution in [-0.4, -0.2) is 79.9 Å². The second-order valence-electron chi connectivity index (χ2n) is 0.0431. The van der Waals surface area contributed by atoms with E-state index >= 15 is 0 Å². The Hall–Kier alpha value is 3.37. The van der Waals surface area contributed by atoms with Crippen LogP contribution in [0.3, 0.4) is 0 Å². The topological polar surface area (TPSA) is 0 Å². The zero-order valence-electron chi connectivity index (χ0n) is 2.56. The van der Waals surface area contributed by atoms with Crippen molar-refractivity contribution in [2.75, 3.05) is 0 Å². The van der Waals surface area contributed by atoms with Gasteiger partial charge in [-0.25, -0.2) is 0 Å². The smallest absolute Gasteiger partial charge is 0 e. The molecule has 5 heteroatoms. The molecular weight excluding hydrogens is 295 g/mol. The first-order chi connectivity index (χ1) is 1.41. The Kier molecular flexibility index (Phi) is 49.4. The van der Waals surface area contributed by atoms with Crippen molar-refractivity contribution in [1.29, 1.82) is 0 Å². The van der Waals surface area contributed by atoms with Crippen molar-refractivity contribution in [2.45, 2.75) is 0 Å². The molecule has 0 aliphatic heterocycles. The third-order valence-corrected chi connectivity index (χ3v) is 0. The van der Waals surface area contributed by atoms with Gasteiger partial charge in [-0.1, -0.05) is 0 Å². The summed E-state index contributed by atoms with van der Waals surface area (Å²) in [5, 5.41) is 0. The molecular formula is Cl2CsCuSi. The fourth-order valence-corrected chi connectivity index (χ4v) is 0. The summed E-state index contributed by atoms with van der Waals surface area (Å²) >= 11 is 0.757. The van der Waals surface area contributed by atoms with Crippen LogP contribution < -0.4 is 0 Å². The van der Waals surface area contributed by atoms with Gasteiger partial charge in [-0.05, 0) is 0 Å². The molecule has 0 rings (SSSR count). The summed E-state index contributed by atoms with van der Waals surface area (Å²) in [5.74, 6) is 0. The van der Waals surface area contributed by atoms with Gasteiger partial charge < -0.3 is 0 Å². The minimum atomic E-state index is 0. The Labute approximate surface area is 110 Å². The van der Waals surface area contributed by atoms with Crippen molar-refractivity contribution in [3.05, 3.63) is 0 Å². The molecule has 0 unspecified atom stereocenters. The van der Waals surface area contributed by atoms with E-state index in [1.165, 1.54) is 0 Å². The Bertz CT molecular complexity index is 9.61. The van der Waals surface area contributed by atoms with Gasteiger partial charge in [0.2, 0.25) is 0 Å². The summed E-state index contributed by atoms with van der Waals surface area (Å²) in [6.45, 7) is 0. The van der Waals surface area contributed by atoms with Crippen LogP contribution in [0.2, 0.25) is 0 Å². The van der Waals surface area contributed by atoms with Crippen LogP contribution >= 0.6 is 20.2 Å². The van der Waals surface area contributed by atoms with Crippen molar-refractivity contribution in [2.24, 2.45) is 0 Å². The fraction of sp³-hybridized carbons (Fsp3) is 0. The van der Waals surface area contributed by atoms with Crippen LogP contribution in [0.25, 0.3) is 0 Å². The van der Waals surface area contributed by atoms with E-state index in [0.717, 1.165) is 13.1 Å². The zero-order chi connectivity index (χ0) is 2.71. The molecule has 0 aromatic rings. The van der Waals surface area contributed by atoms with Crippen molar-refractivity contribution < 1.29 is 13.1 Å². The van der Waals surface area contributed by atoms with E-state index in [9.17, 15) is 0 Å². The third-order valence-electron chi connectivity index (χ3n) is 0. The maximum atomic E-state index is 4.67. The molecule has 0 aromatic heterocycles. The van der Waals surface area contributed by atoms with Gasteiger partial charge in [0.15, 0.2) is 0 Å². The Morgan fingerprint density at radius 2 is 1.20 bits per heavy atom. The Morgan fingerprint density at radius 3 is 1.20 bits per heavy atom. The van der Waals surface area contributed by atoms with E-state index in [2.05, 4.69) is 20.2 Å². The minimum Gasteiger partial charge on any atom is 0 e. The standard InChI is InChI=1S/2ClH.Cs.Cu.Si/h2*1H;;;/q;;;+2;/p-2. The SMILES string of the molecule is [Cl][Cu][Cl].[Cs].[Si]. The summed E-state index contributed by atoms with van der Waals surface area (Å²) in [4.78, 5) is 0. The predicted molar refractivity (Wildman–Crippen MR) is 23.2 cm³/mol. The minimum absolute atomic E-state index is 0. The second kappa shape index (κ2) is 15.7. The molecule has 0 aliphatic rings. The van der Waals surface area contributed by atoms with Crippen LogP contribution in [0.5, 0.6) is 0 Å². The van der Waals surface area contributed by atoms with Crippen LogP contribution in [0.4, 0.5) is 0 Å². The molecule has 0 aromatic carbocycles. The molecule has 0 heterocycles. The number of halogens is 2. The van der Waals surface area contributed by atoms with Crippen LogP contribution in [0.1, 0.15) is 0 Å². The summed E-state index contributed by atoms with van der Waals surface area (Å²) in [6, 6.07) is 0. The van der Waals surface area contributed by atoms with Gasteiger partial charge in [-0.2, -0.15) is 0 Å². The van der Waals surface area contributed by atoms with Gasteiger partial charge in [-0.3, -0.25) is 0 Å². The molecule has 0 N–H and O–H groups in total. The van der Waals surface area contributed by atoms with Crippen molar-refractivity contribution in [1.82, 2.24) is 0 Å². The Balaban J connectivity index is -0.0000000200. The number of rotatable bonds is 0. The molecule has 0 atom stereocenters. The maximum Gasteiger partial charge on any atom is 0 e. The number of hydrogen-bond donors (Lipinski definition) is 0. The molecule has 0 saturated carbocycles. The van der Waals surface area contributed by atoms with E-state index < -0.39 is 0 Å². The second-order valence-corrected chi connectivity index (χ2v) is 1.60. The van der Waals surface area contributed by atoms with Crippen LogP contribution in [0, 0.1) is 0 Å². The van der Waals surface area contributed by atoms with Crippen molar-refractivity contribution >= 4 is 100 Å². The van der Waals surface area contributed by atoms with Crippen molar-refractivity contribution in [3.8, 4) is 0 Å². The average molecular weight is 295 g/mol. The van der Waals surface area contributed by atoms with Gasteiger partial charge >= 0.3 is 33.3 Å². The van der Waals surface area contributed by atoms with Gasteiger partial charge in [0.25, 0.3) is 0 Å². The molecule has 0 nitrogen and oxygen atoms in total. The fourth-order valence-electron chi connectivity index (χ4n) is 0. The quantitative estimate of drug-likeness (QED) is 0.575. The molecule has 0 spiro atoms. The summed E-state index contributed by atoms with van der Waals surface area (Å²) in [7, 11) is 9.34. The first-order valence-electron chi connectivity index (χ1n) is 0.228. The van der Waals surface area contributed by atoms with Crippen molar-refractivity contribution in [3.63, 3.8) is 0 Å². The largest absolute Gasteiger partial charge is 0 e. The molecule has 0 fully saturated rings. The molecule has 0 saturated heterocycles. The van der Waals surface area contributed by atoms with E-state index in [4.69, 9.17) is 0 Å². The molecule has 0 amide bonds. The molecule has 5 radical (unpaired) electrons. The average Bonchev–Trinajstić information content (AvgIpc) is 0.918. The predicted octanol–water partition coefficient (Wildman–Crippen LogP) is 0.615. The van der Waals surface area contributed by atoms with Gasteiger partial charge in [0, 0.05) is 79.9 Å². The first-order valence-corrected chi connectivity index (χ1v) is 2.82. The molecule has 5 heavy (non-hydrogen) atoms. The molecule has 0 aliphatic carbocycles. The van der Waals surface area contributed by atoms with Gasteiger partial charge in [0.05, 0.1) is 0 Å². The van der Waals surface area contributed by atoms with E-state index in [1.54, 1.807) is 0 Å². The summed E-state index contributed by atoms with van der Waals surface area (Å²) in [6.07, 6.45) is 0. The van der Waals surface area contributed by atoms with Gasteiger partial charge in [-0.15, -0.1) is 0 Å². The van der Waals surface area contributed by atoms with E-state index in [0.29, 0.717) is 0 Å². The Morgan fingerprint density at radius 1 is 1.20 bits per heavy atom. The van der Waals surface area contributed by atoms with Crippen LogP contribution in [0.15, 0.2) is 0 Å². The van der Waals surface area contributed by atoms with E-state index in [1.807, 2.05) is 0 Å². The third kappa shape index (κ3) is 18.7. The monoisotopic (exact) mass is 294 g/mol. The van der Waals surface area contributed by atoms with E-state index in [-0.39, 0.29) is 79.9 Å². The number of hydrogen-bond acceptors (Lipinski definition) is 0.